The highest BCUT2D eigenvalue weighted by Crippen LogP contribution is 2.43. The summed E-state index contributed by atoms with van der Waals surface area (Å²) in [5, 5.41) is 1.05. The Hall–Kier alpha value is 0.110. The summed E-state index contributed by atoms with van der Waals surface area (Å²) in [7, 11) is 0. The van der Waals surface area contributed by atoms with Gasteiger partial charge in [-0.05, 0) is 6.07 Å². The topological polar surface area (TPSA) is 17.1 Å². The molecule has 0 saturated carbocycles. The van der Waals surface area contributed by atoms with Gasteiger partial charge in [-0.25, -0.2) is 0 Å². The third kappa shape index (κ3) is 1.46. The minimum absolute atomic E-state index is 0.0560. The molecule has 0 aliphatic carbocycles. The van der Waals surface area contributed by atoms with Gasteiger partial charge in [0.05, 0.1) is 20.8 Å². The summed E-state index contributed by atoms with van der Waals surface area (Å²) in [5.41, 5.74) is 0.587. The number of rotatable bonds is 0. The van der Waals surface area contributed by atoms with E-state index >= 15 is 0 Å². The number of hydrogen-bond acceptors (Lipinski definition) is 2. The molecule has 0 fully saturated rings. The highest BCUT2D eigenvalue weighted by atomic mass is 35.5. The molecule has 0 bridgehead atoms. The van der Waals surface area contributed by atoms with Crippen LogP contribution in [0.1, 0.15) is 10.4 Å². The number of carbonyl (C=O) groups is 1. The quantitative estimate of drug-likeness (QED) is 0.652. The fraction of sp³-hybridized carbons (Fsp3) is 0.125. The normalized spacial score (nSPS) is 14.8. The molecule has 68 valence electrons. The van der Waals surface area contributed by atoms with E-state index in [2.05, 4.69) is 0 Å². The van der Waals surface area contributed by atoms with Crippen LogP contribution < -0.4 is 0 Å². The maximum Gasteiger partial charge on any atom is 0.174 e. The van der Waals surface area contributed by atoms with Gasteiger partial charge in [-0.15, -0.1) is 11.8 Å². The molecule has 1 aliphatic rings. The van der Waals surface area contributed by atoms with Crippen LogP contribution in [0, 0.1) is 0 Å². The van der Waals surface area contributed by atoms with Gasteiger partial charge in [-0.2, -0.15) is 0 Å². The number of ketones is 1. The molecule has 0 spiro atoms. The predicted molar refractivity (Wildman–Crippen MR) is 56.5 cm³/mol. The molecule has 0 unspecified atom stereocenters. The van der Waals surface area contributed by atoms with Crippen molar-refractivity contribution in [2.75, 3.05) is 5.75 Å². The maximum absolute atomic E-state index is 11.3. The molecule has 0 amide bonds. The van der Waals surface area contributed by atoms with Crippen LogP contribution in [0.3, 0.4) is 0 Å². The molecule has 1 aromatic rings. The van der Waals surface area contributed by atoms with E-state index in [1.807, 2.05) is 0 Å². The van der Waals surface area contributed by atoms with Crippen molar-refractivity contribution in [2.45, 2.75) is 4.90 Å². The van der Waals surface area contributed by atoms with Crippen molar-refractivity contribution in [3.63, 3.8) is 0 Å². The highest BCUT2D eigenvalue weighted by Gasteiger charge is 2.25. The molecular weight excluding hydrogens is 251 g/mol. The third-order valence-electron chi connectivity index (χ3n) is 1.77. The van der Waals surface area contributed by atoms with Crippen LogP contribution in [0.15, 0.2) is 11.0 Å². The molecule has 2 rings (SSSR count). The van der Waals surface area contributed by atoms with E-state index < -0.39 is 0 Å². The van der Waals surface area contributed by atoms with Crippen molar-refractivity contribution in [2.24, 2.45) is 0 Å². The van der Waals surface area contributed by atoms with Gasteiger partial charge in [0.2, 0.25) is 0 Å². The summed E-state index contributed by atoms with van der Waals surface area (Å²) in [6, 6.07) is 1.58. The van der Waals surface area contributed by atoms with Gasteiger partial charge in [0.15, 0.2) is 5.78 Å². The predicted octanol–water partition coefficient (Wildman–Crippen LogP) is 3.94. The molecule has 0 N–H and O–H groups in total. The van der Waals surface area contributed by atoms with Gasteiger partial charge < -0.3 is 0 Å². The van der Waals surface area contributed by atoms with Crippen molar-refractivity contribution < 1.29 is 4.79 Å². The lowest BCUT2D eigenvalue weighted by Crippen LogP contribution is -1.94. The van der Waals surface area contributed by atoms with Gasteiger partial charge in [-0.3, -0.25) is 4.79 Å². The number of hydrogen-bond donors (Lipinski definition) is 0. The summed E-state index contributed by atoms with van der Waals surface area (Å²) in [6.07, 6.45) is 0. The summed E-state index contributed by atoms with van der Waals surface area (Å²) in [4.78, 5) is 12.1. The molecule has 13 heavy (non-hydrogen) atoms. The second-order valence-corrected chi connectivity index (χ2v) is 4.72. The average molecular weight is 254 g/mol. The Kier molecular flexibility index (Phi) is 2.49. The number of thioether (sulfide) groups is 1. The fourth-order valence-corrected chi connectivity index (χ4v) is 2.95. The van der Waals surface area contributed by atoms with Gasteiger partial charge in [0.25, 0.3) is 0 Å². The van der Waals surface area contributed by atoms with Crippen LogP contribution >= 0.6 is 46.6 Å². The lowest BCUT2D eigenvalue weighted by Gasteiger charge is -2.03. The van der Waals surface area contributed by atoms with Crippen molar-refractivity contribution in [3.8, 4) is 0 Å². The van der Waals surface area contributed by atoms with Crippen molar-refractivity contribution in [3.05, 3.63) is 26.7 Å². The Morgan fingerprint density at radius 2 is 1.92 bits per heavy atom. The monoisotopic (exact) mass is 252 g/mol. The first-order valence-corrected chi connectivity index (χ1v) is 5.56. The minimum atomic E-state index is 0.0560. The lowest BCUT2D eigenvalue weighted by molar-refractivity contribution is 0.102. The Bertz CT molecular complexity index is 403. The smallest absolute Gasteiger partial charge is 0.174 e. The molecule has 5 heteroatoms. The first-order valence-electron chi connectivity index (χ1n) is 3.44. The van der Waals surface area contributed by atoms with Crippen molar-refractivity contribution >= 4 is 52.3 Å². The van der Waals surface area contributed by atoms with Crippen molar-refractivity contribution in [1.29, 1.82) is 0 Å². The fourth-order valence-electron chi connectivity index (χ4n) is 1.14. The zero-order valence-electron chi connectivity index (χ0n) is 6.23. The van der Waals surface area contributed by atoms with Crippen LogP contribution in [-0.4, -0.2) is 11.5 Å². The number of Topliss-reactive ketones (excluding diaryl/α,β-unsaturated/α-hetero) is 1. The van der Waals surface area contributed by atoms with E-state index in [1.54, 1.807) is 6.07 Å². The van der Waals surface area contributed by atoms with Gasteiger partial charge in [-0.1, -0.05) is 34.8 Å². The minimum Gasteiger partial charge on any atom is -0.293 e. The van der Waals surface area contributed by atoms with E-state index in [0.29, 0.717) is 26.4 Å². The van der Waals surface area contributed by atoms with E-state index in [1.165, 1.54) is 11.8 Å². The third-order valence-corrected chi connectivity index (χ3v) is 4.26. The molecular formula is C8H3Cl3OS. The van der Waals surface area contributed by atoms with Crippen LogP contribution in [0.5, 0.6) is 0 Å². The SMILES string of the molecule is O=C1CSc2c1cc(Cl)c(Cl)c2Cl. The Morgan fingerprint density at radius 1 is 1.23 bits per heavy atom. The molecule has 1 heterocycles. The van der Waals surface area contributed by atoms with E-state index in [0.717, 1.165) is 4.90 Å². The van der Waals surface area contributed by atoms with Gasteiger partial charge >= 0.3 is 0 Å². The molecule has 1 nitrogen and oxygen atoms in total. The van der Waals surface area contributed by atoms with E-state index in [-0.39, 0.29) is 5.78 Å². The molecule has 0 atom stereocenters. The van der Waals surface area contributed by atoms with Gasteiger partial charge in [0, 0.05) is 10.5 Å². The zero-order chi connectivity index (χ0) is 9.59. The van der Waals surface area contributed by atoms with E-state index in [9.17, 15) is 4.79 Å². The first-order chi connectivity index (χ1) is 6.11. The number of benzene rings is 1. The highest BCUT2D eigenvalue weighted by molar-refractivity contribution is 8.00. The number of fused-ring (bicyclic) bond motifs is 1. The Morgan fingerprint density at radius 3 is 2.62 bits per heavy atom. The van der Waals surface area contributed by atoms with Crippen LogP contribution in [0.25, 0.3) is 0 Å². The van der Waals surface area contributed by atoms with Crippen LogP contribution in [0.4, 0.5) is 0 Å². The average Bonchev–Trinajstić information content (AvgIpc) is 2.45. The molecule has 0 radical (unpaired) electrons. The first kappa shape index (κ1) is 9.66. The summed E-state index contributed by atoms with van der Waals surface area (Å²) in [5.74, 6) is 0.478. The molecule has 1 aromatic carbocycles. The summed E-state index contributed by atoms with van der Waals surface area (Å²) < 4.78 is 0. The second kappa shape index (κ2) is 3.35. The van der Waals surface area contributed by atoms with Crippen molar-refractivity contribution in [1.82, 2.24) is 0 Å². The van der Waals surface area contributed by atoms with Crippen LogP contribution in [-0.2, 0) is 0 Å². The molecule has 0 saturated heterocycles. The van der Waals surface area contributed by atoms with E-state index in [4.69, 9.17) is 34.8 Å². The largest absolute Gasteiger partial charge is 0.293 e. The maximum atomic E-state index is 11.3. The standard InChI is InChI=1S/C8H3Cl3OS/c9-4-1-3-5(12)2-13-8(3)7(11)6(4)10/h1H,2H2. The molecule has 1 aliphatic heterocycles. The Balaban J connectivity index is 2.74. The molecule has 0 aromatic heterocycles. The number of halogens is 3. The summed E-state index contributed by atoms with van der Waals surface area (Å²) >= 11 is 18.9. The lowest BCUT2D eigenvalue weighted by atomic mass is 10.1. The van der Waals surface area contributed by atoms with Gasteiger partial charge in [0.1, 0.15) is 0 Å². The zero-order valence-corrected chi connectivity index (χ0v) is 9.32. The Labute approximate surface area is 94.3 Å². The number of carbonyl (C=O) groups excluding carboxylic acids is 1. The second-order valence-electron chi connectivity index (χ2n) is 2.57. The van der Waals surface area contributed by atoms with Crippen LogP contribution in [0.2, 0.25) is 15.1 Å². The summed E-state index contributed by atoms with van der Waals surface area (Å²) in [6.45, 7) is 0.